The number of hydrogen-bond acceptors (Lipinski definition) is 3. The molecular weight excluding hydrogens is 240 g/mol. The standard InChI is InChI=1S/C12H11ClN2O2/c13-11-10(4-1-6-14-11)12(16)15-7-5-9-3-2-8-17-9/h1-4,6,8H,5,7H2,(H,15,16). The fourth-order valence-electron chi connectivity index (χ4n) is 1.40. The van der Waals surface area contributed by atoms with Crippen molar-refractivity contribution in [2.24, 2.45) is 0 Å². The average Bonchev–Trinajstić information content (AvgIpc) is 2.82. The van der Waals surface area contributed by atoms with Crippen molar-refractivity contribution in [1.29, 1.82) is 0 Å². The van der Waals surface area contributed by atoms with Crippen molar-refractivity contribution in [3.05, 3.63) is 53.2 Å². The van der Waals surface area contributed by atoms with Gasteiger partial charge in [0.1, 0.15) is 10.9 Å². The summed E-state index contributed by atoms with van der Waals surface area (Å²) in [4.78, 5) is 15.6. The second-order valence-electron chi connectivity index (χ2n) is 3.43. The molecule has 0 aliphatic rings. The summed E-state index contributed by atoms with van der Waals surface area (Å²) in [5.74, 6) is 0.609. The number of furan rings is 1. The Morgan fingerprint density at radius 3 is 3.00 bits per heavy atom. The maximum atomic E-state index is 11.7. The molecule has 2 aromatic rings. The van der Waals surface area contributed by atoms with E-state index in [2.05, 4.69) is 10.3 Å². The van der Waals surface area contributed by atoms with Gasteiger partial charge in [0.05, 0.1) is 11.8 Å². The molecule has 4 nitrogen and oxygen atoms in total. The molecule has 0 saturated carbocycles. The van der Waals surface area contributed by atoms with E-state index in [4.69, 9.17) is 16.0 Å². The highest BCUT2D eigenvalue weighted by Gasteiger charge is 2.09. The lowest BCUT2D eigenvalue weighted by molar-refractivity contribution is 0.0953. The summed E-state index contributed by atoms with van der Waals surface area (Å²) in [5.41, 5.74) is 0.383. The van der Waals surface area contributed by atoms with E-state index in [0.717, 1.165) is 5.76 Å². The first kappa shape index (κ1) is 11.7. The fraction of sp³-hybridized carbons (Fsp3) is 0.167. The number of carbonyl (C=O) groups excluding carboxylic acids is 1. The molecule has 0 spiro atoms. The number of halogens is 1. The van der Waals surface area contributed by atoms with Crippen LogP contribution in [-0.4, -0.2) is 17.4 Å². The van der Waals surface area contributed by atoms with E-state index in [0.29, 0.717) is 18.5 Å². The molecule has 0 radical (unpaired) electrons. The van der Waals surface area contributed by atoms with E-state index in [1.54, 1.807) is 24.6 Å². The number of amides is 1. The van der Waals surface area contributed by atoms with Crippen molar-refractivity contribution in [2.45, 2.75) is 6.42 Å². The molecule has 17 heavy (non-hydrogen) atoms. The summed E-state index contributed by atoms with van der Waals surface area (Å²) in [6, 6.07) is 6.99. The number of pyridine rings is 1. The van der Waals surface area contributed by atoms with Crippen LogP contribution in [0.2, 0.25) is 5.15 Å². The molecule has 0 unspecified atom stereocenters. The first-order valence-corrected chi connectivity index (χ1v) is 5.56. The molecule has 2 aromatic heterocycles. The van der Waals surface area contributed by atoms with Crippen molar-refractivity contribution < 1.29 is 9.21 Å². The maximum Gasteiger partial charge on any atom is 0.254 e. The van der Waals surface area contributed by atoms with Crippen LogP contribution in [-0.2, 0) is 6.42 Å². The summed E-state index contributed by atoms with van der Waals surface area (Å²) >= 11 is 5.81. The van der Waals surface area contributed by atoms with E-state index < -0.39 is 0 Å². The zero-order valence-corrected chi connectivity index (χ0v) is 9.78. The molecule has 1 N–H and O–H groups in total. The van der Waals surface area contributed by atoms with Crippen LogP contribution in [0.5, 0.6) is 0 Å². The van der Waals surface area contributed by atoms with Crippen LogP contribution >= 0.6 is 11.6 Å². The minimum Gasteiger partial charge on any atom is -0.469 e. The molecule has 0 aliphatic carbocycles. The van der Waals surface area contributed by atoms with Crippen molar-refractivity contribution in [3.8, 4) is 0 Å². The molecule has 5 heteroatoms. The van der Waals surface area contributed by atoms with E-state index in [-0.39, 0.29) is 11.1 Å². The normalized spacial score (nSPS) is 10.2. The summed E-state index contributed by atoms with van der Waals surface area (Å²) < 4.78 is 5.16. The molecule has 0 fully saturated rings. The van der Waals surface area contributed by atoms with Gasteiger partial charge < -0.3 is 9.73 Å². The number of carbonyl (C=O) groups is 1. The van der Waals surface area contributed by atoms with Crippen LogP contribution in [0.3, 0.4) is 0 Å². The monoisotopic (exact) mass is 250 g/mol. The molecule has 0 saturated heterocycles. The minimum absolute atomic E-state index is 0.211. The van der Waals surface area contributed by atoms with Gasteiger partial charge in [-0.15, -0.1) is 0 Å². The third kappa shape index (κ3) is 3.07. The molecule has 0 atom stereocenters. The lowest BCUT2D eigenvalue weighted by atomic mass is 10.2. The van der Waals surface area contributed by atoms with E-state index >= 15 is 0 Å². The summed E-state index contributed by atoms with van der Waals surface area (Å²) in [6.07, 6.45) is 3.80. The fourth-order valence-corrected chi connectivity index (χ4v) is 1.61. The third-order valence-electron chi connectivity index (χ3n) is 2.24. The number of aromatic nitrogens is 1. The highest BCUT2D eigenvalue weighted by molar-refractivity contribution is 6.32. The van der Waals surface area contributed by atoms with Crippen LogP contribution in [0, 0.1) is 0 Å². The van der Waals surface area contributed by atoms with Crippen LogP contribution < -0.4 is 5.32 Å². The molecule has 1 amide bonds. The Bertz CT molecular complexity index is 497. The Morgan fingerprint density at radius 1 is 1.41 bits per heavy atom. The largest absolute Gasteiger partial charge is 0.469 e. The molecule has 0 bridgehead atoms. The zero-order chi connectivity index (χ0) is 12.1. The molecule has 2 rings (SSSR count). The number of rotatable bonds is 4. The van der Waals surface area contributed by atoms with Crippen molar-refractivity contribution in [2.75, 3.05) is 6.54 Å². The SMILES string of the molecule is O=C(NCCc1ccco1)c1cccnc1Cl. The molecule has 0 aliphatic heterocycles. The van der Waals surface area contributed by atoms with Gasteiger partial charge in [0.2, 0.25) is 0 Å². The lowest BCUT2D eigenvalue weighted by Gasteiger charge is -2.04. The van der Waals surface area contributed by atoms with E-state index in [1.165, 1.54) is 0 Å². The van der Waals surface area contributed by atoms with Gasteiger partial charge in [0.15, 0.2) is 0 Å². The van der Waals surface area contributed by atoms with Crippen LogP contribution in [0.1, 0.15) is 16.1 Å². The van der Waals surface area contributed by atoms with Crippen molar-refractivity contribution >= 4 is 17.5 Å². The highest BCUT2D eigenvalue weighted by atomic mass is 35.5. The molecular formula is C12H11ClN2O2. The van der Waals surface area contributed by atoms with Gasteiger partial charge in [0.25, 0.3) is 5.91 Å². The van der Waals surface area contributed by atoms with Crippen molar-refractivity contribution in [1.82, 2.24) is 10.3 Å². The summed E-state index contributed by atoms with van der Waals surface area (Å²) in [7, 11) is 0. The second kappa shape index (κ2) is 5.50. The van der Waals surface area contributed by atoms with E-state index in [1.807, 2.05) is 12.1 Å². The third-order valence-corrected chi connectivity index (χ3v) is 2.54. The number of nitrogens with zero attached hydrogens (tertiary/aromatic N) is 1. The van der Waals surface area contributed by atoms with Gasteiger partial charge in [-0.2, -0.15) is 0 Å². The quantitative estimate of drug-likeness (QED) is 0.847. The smallest absolute Gasteiger partial charge is 0.254 e. The predicted octanol–water partition coefficient (Wildman–Crippen LogP) is 2.30. The first-order valence-electron chi connectivity index (χ1n) is 5.18. The Balaban J connectivity index is 1.88. The molecule has 0 aromatic carbocycles. The van der Waals surface area contributed by atoms with Gasteiger partial charge in [-0.3, -0.25) is 4.79 Å². The van der Waals surface area contributed by atoms with Crippen molar-refractivity contribution in [3.63, 3.8) is 0 Å². The van der Waals surface area contributed by atoms with Gasteiger partial charge in [0, 0.05) is 19.2 Å². The van der Waals surface area contributed by atoms with Gasteiger partial charge >= 0.3 is 0 Å². The second-order valence-corrected chi connectivity index (χ2v) is 3.79. The number of hydrogen-bond donors (Lipinski definition) is 1. The van der Waals surface area contributed by atoms with Gasteiger partial charge in [-0.1, -0.05) is 11.6 Å². The van der Waals surface area contributed by atoms with E-state index in [9.17, 15) is 4.79 Å². The van der Waals surface area contributed by atoms with Crippen LogP contribution in [0.15, 0.2) is 41.1 Å². The Morgan fingerprint density at radius 2 is 2.29 bits per heavy atom. The number of nitrogens with one attached hydrogen (secondary N) is 1. The first-order chi connectivity index (χ1) is 8.27. The molecule has 2 heterocycles. The lowest BCUT2D eigenvalue weighted by Crippen LogP contribution is -2.26. The average molecular weight is 251 g/mol. The topological polar surface area (TPSA) is 55.1 Å². The minimum atomic E-state index is -0.227. The summed E-state index contributed by atoms with van der Waals surface area (Å²) in [5, 5.41) is 2.97. The maximum absolute atomic E-state index is 11.7. The Labute approximate surface area is 104 Å². The van der Waals surface area contributed by atoms with Crippen LogP contribution in [0.25, 0.3) is 0 Å². The highest BCUT2D eigenvalue weighted by Crippen LogP contribution is 2.10. The van der Waals surface area contributed by atoms with Gasteiger partial charge in [-0.05, 0) is 24.3 Å². The summed E-state index contributed by atoms with van der Waals surface area (Å²) in [6.45, 7) is 0.498. The van der Waals surface area contributed by atoms with Crippen LogP contribution in [0.4, 0.5) is 0 Å². The molecule has 88 valence electrons. The van der Waals surface area contributed by atoms with Gasteiger partial charge in [-0.25, -0.2) is 4.98 Å². The Hall–Kier alpha value is -1.81. The Kier molecular flexibility index (Phi) is 3.77. The zero-order valence-electron chi connectivity index (χ0n) is 9.02. The predicted molar refractivity (Wildman–Crippen MR) is 64.0 cm³/mol.